The van der Waals surface area contributed by atoms with E-state index in [0.717, 1.165) is 27.7 Å². The monoisotopic (exact) mass is 419 g/mol. The van der Waals surface area contributed by atoms with Gasteiger partial charge in [-0.25, -0.2) is 14.6 Å². The van der Waals surface area contributed by atoms with E-state index >= 15 is 0 Å². The minimum atomic E-state index is -0.0633. The van der Waals surface area contributed by atoms with Crippen LogP contribution in [0, 0.1) is 6.92 Å². The number of hydrogen-bond acceptors (Lipinski definition) is 6. The summed E-state index contributed by atoms with van der Waals surface area (Å²) in [4.78, 5) is 20.7. The molecule has 0 unspecified atom stereocenters. The van der Waals surface area contributed by atoms with E-state index in [0.29, 0.717) is 13.2 Å². The van der Waals surface area contributed by atoms with Crippen molar-refractivity contribution >= 4 is 17.2 Å². The number of ether oxygens (including phenoxy) is 1. The van der Waals surface area contributed by atoms with Gasteiger partial charge in [0.25, 0.3) is 0 Å². The average Bonchev–Trinajstić information content (AvgIpc) is 3.45. The Morgan fingerprint density at radius 2 is 1.93 bits per heavy atom. The molecule has 0 saturated heterocycles. The van der Waals surface area contributed by atoms with Crippen LogP contribution in [0.4, 0.5) is 0 Å². The van der Waals surface area contributed by atoms with E-state index in [1.54, 1.807) is 11.0 Å². The lowest BCUT2D eigenvalue weighted by Gasteiger charge is -2.06. The second-order valence-electron chi connectivity index (χ2n) is 6.79. The summed E-state index contributed by atoms with van der Waals surface area (Å²) < 4.78 is 7.43. The number of hydrogen-bond donors (Lipinski definition) is 1. The van der Waals surface area contributed by atoms with Gasteiger partial charge in [-0.05, 0) is 36.8 Å². The maximum Gasteiger partial charge on any atom is 0.226 e. The van der Waals surface area contributed by atoms with E-state index < -0.39 is 0 Å². The zero-order valence-electron chi connectivity index (χ0n) is 16.5. The first kappa shape index (κ1) is 19.8. The van der Waals surface area contributed by atoms with Crippen LogP contribution in [0.5, 0.6) is 5.75 Å². The number of amides is 1. The molecular formula is C22H21N5O2S. The predicted octanol–water partition coefficient (Wildman–Crippen LogP) is 3.47. The third kappa shape index (κ3) is 5.30. The molecule has 1 N–H and O–H groups in total. The van der Waals surface area contributed by atoms with Crippen LogP contribution in [0.15, 0.2) is 66.6 Å². The van der Waals surface area contributed by atoms with E-state index in [1.165, 1.54) is 23.2 Å². The summed E-state index contributed by atoms with van der Waals surface area (Å²) >= 11 is 1.50. The number of aryl methyl sites for hydroxylation is 1. The first-order valence-electron chi connectivity index (χ1n) is 9.49. The summed E-state index contributed by atoms with van der Waals surface area (Å²) in [6.45, 7) is 2.90. The van der Waals surface area contributed by atoms with Gasteiger partial charge in [0.2, 0.25) is 5.91 Å². The van der Waals surface area contributed by atoms with Crippen LogP contribution < -0.4 is 10.1 Å². The maximum absolute atomic E-state index is 12.3. The van der Waals surface area contributed by atoms with Crippen molar-refractivity contribution < 1.29 is 9.53 Å². The van der Waals surface area contributed by atoms with E-state index in [4.69, 9.17) is 4.74 Å². The SMILES string of the molecule is Cc1ccc(OCc2nc(CC(=O)NCc3ccc(-n4cncn4)cc3)cs2)cc1. The van der Waals surface area contributed by atoms with E-state index in [-0.39, 0.29) is 12.3 Å². The second-order valence-corrected chi connectivity index (χ2v) is 7.74. The van der Waals surface area contributed by atoms with Crippen LogP contribution >= 0.6 is 11.3 Å². The molecule has 2 aromatic heterocycles. The highest BCUT2D eigenvalue weighted by Gasteiger charge is 2.09. The van der Waals surface area contributed by atoms with Gasteiger partial charge in [0.05, 0.1) is 17.8 Å². The van der Waals surface area contributed by atoms with Crippen molar-refractivity contribution in [2.75, 3.05) is 0 Å². The molecule has 7 nitrogen and oxygen atoms in total. The molecule has 0 radical (unpaired) electrons. The first-order chi connectivity index (χ1) is 14.7. The zero-order valence-corrected chi connectivity index (χ0v) is 17.3. The summed E-state index contributed by atoms with van der Waals surface area (Å²) in [5.41, 5.74) is 3.88. The van der Waals surface area contributed by atoms with Crippen LogP contribution in [0.25, 0.3) is 5.69 Å². The Morgan fingerprint density at radius 1 is 1.13 bits per heavy atom. The van der Waals surface area contributed by atoms with Crippen molar-refractivity contribution in [1.29, 1.82) is 0 Å². The maximum atomic E-state index is 12.3. The smallest absolute Gasteiger partial charge is 0.226 e. The number of rotatable bonds is 8. The number of nitrogens with one attached hydrogen (secondary N) is 1. The van der Waals surface area contributed by atoms with Crippen molar-refractivity contribution in [3.8, 4) is 11.4 Å². The number of aromatic nitrogens is 4. The van der Waals surface area contributed by atoms with Gasteiger partial charge in [0.15, 0.2) is 0 Å². The Balaban J connectivity index is 1.24. The van der Waals surface area contributed by atoms with Gasteiger partial charge < -0.3 is 10.1 Å². The lowest BCUT2D eigenvalue weighted by Crippen LogP contribution is -2.24. The van der Waals surface area contributed by atoms with Crippen molar-refractivity contribution in [2.24, 2.45) is 0 Å². The summed E-state index contributed by atoms with van der Waals surface area (Å²) in [6.07, 6.45) is 3.38. The average molecular weight is 420 g/mol. The predicted molar refractivity (Wildman–Crippen MR) is 115 cm³/mol. The minimum Gasteiger partial charge on any atom is -0.486 e. The van der Waals surface area contributed by atoms with Gasteiger partial charge in [-0.1, -0.05) is 29.8 Å². The molecule has 2 heterocycles. The lowest BCUT2D eigenvalue weighted by atomic mass is 10.2. The van der Waals surface area contributed by atoms with Gasteiger partial charge in [0.1, 0.15) is 30.0 Å². The zero-order chi connectivity index (χ0) is 20.8. The quantitative estimate of drug-likeness (QED) is 0.473. The van der Waals surface area contributed by atoms with Crippen molar-refractivity contribution in [3.05, 3.63) is 88.4 Å². The number of carbonyl (C=O) groups excluding carboxylic acids is 1. The fraction of sp³-hybridized carbons (Fsp3) is 0.182. The Kier molecular flexibility index (Phi) is 6.14. The summed E-state index contributed by atoms with van der Waals surface area (Å²) in [5, 5.41) is 9.78. The van der Waals surface area contributed by atoms with E-state index in [2.05, 4.69) is 20.4 Å². The fourth-order valence-corrected chi connectivity index (χ4v) is 3.52. The van der Waals surface area contributed by atoms with Gasteiger partial charge in [-0.15, -0.1) is 11.3 Å². The summed E-state index contributed by atoms with van der Waals surface area (Å²) in [5.74, 6) is 0.747. The molecule has 0 aliphatic rings. The van der Waals surface area contributed by atoms with Crippen LogP contribution in [0.1, 0.15) is 21.8 Å². The van der Waals surface area contributed by atoms with Crippen molar-refractivity contribution in [3.63, 3.8) is 0 Å². The summed E-state index contributed by atoms with van der Waals surface area (Å²) in [6, 6.07) is 15.7. The van der Waals surface area contributed by atoms with Crippen molar-refractivity contribution in [2.45, 2.75) is 26.5 Å². The van der Waals surface area contributed by atoms with Gasteiger partial charge in [-0.2, -0.15) is 5.10 Å². The minimum absolute atomic E-state index is 0.0633. The van der Waals surface area contributed by atoms with Crippen LogP contribution in [0.3, 0.4) is 0 Å². The third-order valence-corrected chi connectivity index (χ3v) is 5.30. The van der Waals surface area contributed by atoms with Gasteiger partial charge >= 0.3 is 0 Å². The molecule has 0 saturated carbocycles. The molecule has 152 valence electrons. The normalized spacial score (nSPS) is 10.7. The highest BCUT2D eigenvalue weighted by molar-refractivity contribution is 7.09. The molecule has 8 heteroatoms. The topological polar surface area (TPSA) is 81.9 Å². The first-order valence-corrected chi connectivity index (χ1v) is 10.4. The standard InChI is InChI=1S/C22H21N5O2S/c1-16-2-8-20(9-3-16)29-12-22-26-18(13-30-22)10-21(28)24-11-17-4-6-19(7-5-17)27-15-23-14-25-27/h2-9,13-15H,10-12H2,1H3,(H,24,28). The Labute approximate surface area is 178 Å². The molecule has 2 aromatic carbocycles. The second kappa shape index (κ2) is 9.32. The number of thiazole rings is 1. The van der Waals surface area contributed by atoms with Crippen LogP contribution in [-0.2, 0) is 24.4 Å². The van der Waals surface area contributed by atoms with Gasteiger partial charge in [-0.3, -0.25) is 4.79 Å². The molecule has 0 atom stereocenters. The molecule has 4 aromatic rings. The summed E-state index contributed by atoms with van der Waals surface area (Å²) in [7, 11) is 0. The fourth-order valence-electron chi connectivity index (χ4n) is 2.81. The van der Waals surface area contributed by atoms with Crippen molar-refractivity contribution in [1.82, 2.24) is 25.1 Å². The molecule has 1 amide bonds. The molecule has 0 bridgehead atoms. The molecule has 0 aliphatic carbocycles. The Hall–Kier alpha value is -3.52. The Morgan fingerprint density at radius 3 is 2.67 bits per heavy atom. The highest BCUT2D eigenvalue weighted by Crippen LogP contribution is 2.16. The number of nitrogens with zero attached hydrogens (tertiary/aromatic N) is 4. The van der Waals surface area contributed by atoms with Crippen LogP contribution in [0.2, 0.25) is 0 Å². The van der Waals surface area contributed by atoms with Gasteiger partial charge in [0, 0.05) is 11.9 Å². The van der Waals surface area contributed by atoms with E-state index in [1.807, 2.05) is 60.8 Å². The highest BCUT2D eigenvalue weighted by atomic mass is 32.1. The van der Waals surface area contributed by atoms with E-state index in [9.17, 15) is 4.79 Å². The molecule has 30 heavy (non-hydrogen) atoms. The molecule has 0 spiro atoms. The largest absolute Gasteiger partial charge is 0.486 e. The number of benzene rings is 2. The third-order valence-electron chi connectivity index (χ3n) is 4.43. The Bertz CT molecular complexity index is 1090. The molecule has 0 aliphatic heterocycles. The molecule has 0 fully saturated rings. The van der Waals surface area contributed by atoms with Crippen LogP contribution in [-0.4, -0.2) is 25.7 Å². The lowest BCUT2D eigenvalue weighted by molar-refractivity contribution is -0.120. The molecule has 4 rings (SSSR count). The molecular weight excluding hydrogens is 398 g/mol. The number of carbonyl (C=O) groups is 1.